The monoisotopic (exact) mass is 202 g/mol. The van der Waals surface area contributed by atoms with Crippen molar-refractivity contribution >= 4 is 21.4 Å². The van der Waals surface area contributed by atoms with Gasteiger partial charge in [-0.15, -0.1) is 11.3 Å². The molecule has 6 heteroatoms. The number of nitriles is 1. The zero-order chi connectivity index (χ0) is 9.19. The summed E-state index contributed by atoms with van der Waals surface area (Å²) in [5, 5.41) is 8.43. The smallest absolute Gasteiger partial charge is 0.214 e. The topological polar surface area (TPSA) is 70.0 Å². The molecule has 0 radical (unpaired) electrons. The van der Waals surface area contributed by atoms with Crippen LogP contribution in [0, 0.1) is 11.3 Å². The molecule has 0 aliphatic heterocycles. The highest BCUT2D eigenvalue weighted by Gasteiger charge is 2.13. The summed E-state index contributed by atoms with van der Waals surface area (Å²) in [5.74, 6) is 0. The summed E-state index contributed by atoms with van der Waals surface area (Å²) in [4.78, 5) is 0.392. The van der Waals surface area contributed by atoms with Crippen molar-refractivity contribution in [1.82, 2.24) is 4.72 Å². The minimum atomic E-state index is -3.37. The van der Waals surface area contributed by atoms with Crippen LogP contribution in [-0.2, 0) is 10.0 Å². The molecule has 0 saturated carbocycles. The molecule has 64 valence electrons. The first-order valence-electron chi connectivity index (χ1n) is 3.03. The average Bonchev–Trinajstić information content (AvgIpc) is 2.52. The molecule has 12 heavy (non-hydrogen) atoms. The Balaban J connectivity index is 3.16. The van der Waals surface area contributed by atoms with Crippen molar-refractivity contribution in [2.45, 2.75) is 4.21 Å². The zero-order valence-corrected chi connectivity index (χ0v) is 7.87. The van der Waals surface area contributed by atoms with Crippen molar-refractivity contribution in [2.75, 3.05) is 7.05 Å². The molecule has 0 aromatic carbocycles. The molecule has 0 amide bonds. The van der Waals surface area contributed by atoms with Crippen LogP contribution in [0.3, 0.4) is 0 Å². The minimum absolute atomic E-state index is 0.168. The molecule has 1 aromatic rings. The Kier molecular flexibility index (Phi) is 2.47. The van der Waals surface area contributed by atoms with Gasteiger partial charge in [-0.1, -0.05) is 0 Å². The lowest BCUT2D eigenvalue weighted by molar-refractivity contribution is 0.590. The van der Waals surface area contributed by atoms with E-state index in [1.165, 1.54) is 19.2 Å². The van der Waals surface area contributed by atoms with Gasteiger partial charge in [-0.2, -0.15) is 5.26 Å². The maximum absolute atomic E-state index is 11.1. The molecule has 0 aliphatic rings. The predicted octanol–water partition coefficient (Wildman–Crippen LogP) is 0.528. The second-order valence-electron chi connectivity index (χ2n) is 1.94. The third-order valence-electron chi connectivity index (χ3n) is 1.23. The van der Waals surface area contributed by atoms with Gasteiger partial charge < -0.3 is 0 Å². The number of nitrogens with one attached hydrogen (secondary N) is 1. The van der Waals surface area contributed by atoms with Crippen molar-refractivity contribution in [3.8, 4) is 6.07 Å². The molecule has 1 heterocycles. The highest BCUT2D eigenvalue weighted by molar-refractivity contribution is 7.91. The molecule has 1 N–H and O–H groups in total. The Morgan fingerprint density at radius 2 is 2.25 bits per heavy atom. The Morgan fingerprint density at radius 3 is 2.67 bits per heavy atom. The van der Waals surface area contributed by atoms with Gasteiger partial charge in [0.2, 0.25) is 10.0 Å². The summed E-state index contributed by atoms with van der Waals surface area (Å²) in [6.45, 7) is 0. The van der Waals surface area contributed by atoms with Gasteiger partial charge in [0.15, 0.2) is 0 Å². The summed E-state index contributed by atoms with van der Waals surface area (Å²) in [6, 6.07) is 4.76. The number of sulfonamides is 1. The predicted molar refractivity (Wildman–Crippen MR) is 45.3 cm³/mol. The van der Waals surface area contributed by atoms with Gasteiger partial charge >= 0.3 is 0 Å². The van der Waals surface area contributed by atoms with Crippen LogP contribution < -0.4 is 4.72 Å². The summed E-state index contributed by atoms with van der Waals surface area (Å²) in [5.41, 5.74) is 0. The summed E-state index contributed by atoms with van der Waals surface area (Å²) >= 11 is 0.953. The van der Waals surface area contributed by atoms with E-state index in [1.54, 1.807) is 0 Å². The van der Waals surface area contributed by atoms with Crippen LogP contribution in [0.5, 0.6) is 0 Å². The van der Waals surface area contributed by atoms with Gasteiger partial charge in [0, 0.05) is 0 Å². The van der Waals surface area contributed by atoms with Crippen LogP contribution in [0.25, 0.3) is 0 Å². The summed E-state index contributed by atoms with van der Waals surface area (Å²) < 4.78 is 24.6. The highest BCUT2D eigenvalue weighted by atomic mass is 32.2. The molecular weight excluding hydrogens is 196 g/mol. The molecule has 0 spiro atoms. The fourth-order valence-corrected chi connectivity index (χ4v) is 2.57. The van der Waals surface area contributed by atoms with Crippen molar-refractivity contribution in [1.29, 1.82) is 5.26 Å². The fraction of sp³-hybridized carbons (Fsp3) is 0.167. The lowest BCUT2D eigenvalue weighted by atomic mass is 10.5. The Hall–Kier alpha value is -0.900. The van der Waals surface area contributed by atoms with Gasteiger partial charge in [0.05, 0.1) is 0 Å². The van der Waals surface area contributed by atoms with Gasteiger partial charge in [0.1, 0.15) is 15.2 Å². The third-order valence-corrected chi connectivity index (χ3v) is 4.12. The number of nitrogens with zero attached hydrogens (tertiary/aromatic N) is 1. The van der Waals surface area contributed by atoms with E-state index in [0.29, 0.717) is 4.88 Å². The maximum Gasteiger partial charge on any atom is 0.249 e. The molecule has 0 unspecified atom stereocenters. The SMILES string of the molecule is CNS(=O)(=O)c1ccc(C#N)s1. The largest absolute Gasteiger partial charge is 0.249 e. The van der Waals surface area contributed by atoms with Crippen LogP contribution in [0.4, 0.5) is 0 Å². The molecule has 0 atom stereocenters. The van der Waals surface area contributed by atoms with Crippen molar-refractivity contribution in [2.24, 2.45) is 0 Å². The van der Waals surface area contributed by atoms with Gasteiger partial charge in [-0.05, 0) is 19.2 Å². The van der Waals surface area contributed by atoms with Crippen molar-refractivity contribution < 1.29 is 8.42 Å². The zero-order valence-electron chi connectivity index (χ0n) is 6.23. The van der Waals surface area contributed by atoms with Crippen LogP contribution in [0.2, 0.25) is 0 Å². The van der Waals surface area contributed by atoms with Crippen molar-refractivity contribution in [3.05, 3.63) is 17.0 Å². The van der Waals surface area contributed by atoms with E-state index >= 15 is 0 Å². The minimum Gasteiger partial charge on any atom is -0.214 e. The van der Waals surface area contributed by atoms with Crippen LogP contribution >= 0.6 is 11.3 Å². The Labute approximate surface area is 74.5 Å². The molecule has 0 aliphatic carbocycles. The van der Waals surface area contributed by atoms with Crippen LogP contribution in [-0.4, -0.2) is 15.5 Å². The Morgan fingerprint density at radius 1 is 1.58 bits per heavy atom. The fourth-order valence-electron chi connectivity index (χ4n) is 0.625. The normalized spacial score (nSPS) is 11.0. The molecule has 1 aromatic heterocycles. The lowest BCUT2D eigenvalue weighted by Crippen LogP contribution is -2.17. The molecular formula is C6H6N2O2S2. The summed E-state index contributed by atoms with van der Waals surface area (Å²) in [6.07, 6.45) is 0. The van der Waals surface area contributed by atoms with Crippen LogP contribution in [0.1, 0.15) is 4.88 Å². The van der Waals surface area contributed by atoms with E-state index in [2.05, 4.69) is 4.72 Å². The summed E-state index contributed by atoms with van der Waals surface area (Å²) in [7, 11) is -2.04. The van der Waals surface area contributed by atoms with Gasteiger partial charge in [-0.25, -0.2) is 13.1 Å². The third kappa shape index (κ3) is 1.64. The number of thiophene rings is 1. The van der Waals surface area contributed by atoms with E-state index < -0.39 is 10.0 Å². The van der Waals surface area contributed by atoms with E-state index in [0.717, 1.165) is 11.3 Å². The van der Waals surface area contributed by atoms with E-state index in [1.807, 2.05) is 6.07 Å². The quantitative estimate of drug-likeness (QED) is 0.760. The highest BCUT2D eigenvalue weighted by Crippen LogP contribution is 2.19. The molecule has 0 saturated heterocycles. The van der Waals surface area contributed by atoms with E-state index in [-0.39, 0.29) is 4.21 Å². The second kappa shape index (κ2) is 3.23. The Bertz CT molecular complexity index is 413. The standard InChI is InChI=1S/C6H6N2O2S2/c1-8-12(9,10)6-3-2-5(4-7)11-6/h2-3,8H,1H3. The molecule has 4 nitrogen and oxygen atoms in total. The van der Waals surface area contributed by atoms with E-state index in [9.17, 15) is 8.42 Å². The number of hydrogen-bond acceptors (Lipinski definition) is 4. The number of hydrogen-bond donors (Lipinski definition) is 1. The average molecular weight is 202 g/mol. The first kappa shape index (κ1) is 9.19. The lowest BCUT2D eigenvalue weighted by Gasteiger charge is -1.95. The number of rotatable bonds is 2. The van der Waals surface area contributed by atoms with Gasteiger partial charge in [-0.3, -0.25) is 0 Å². The first-order chi connectivity index (χ1) is 5.60. The van der Waals surface area contributed by atoms with E-state index in [4.69, 9.17) is 5.26 Å². The maximum atomic E-state index is 11.1. The second-order valence-corrected chi connectivity index (χ2v) is 5.14. The molecule has 0 bridgehead atoms. The van der Waals surface area contributed by atoms with Crippen LogP contribution in [0.15, 0.2) is 16.3 Å². The van der Waals surface area contributed by atoms with Gasteiger partial charge in [0.25, 0.3) is 0 Å². The molecule has 1 rings (SSSR count). The van der Waals surface area contributed by atoms with Crippen molar-refractivity contribution in [3.63, 3.8) is 0 Å². The molecule has 0 fully saturated rings. The first-order valence-corrected chi connectivity index (χ1v) is 5.33.